The van der Waals surface area contributed by atoms with Crippen molar-refractivity contribution in [1.82, 2.24) is 5.32 Å². The predicted molar refractivity (Wildman–Crippen MR) is 69.0 cm³/mol. The fourth-order valence-electron chi connectivity index (χ4n) is 2.33. The van der Waals surface area contributed by atoms with Crippen molar-refractivity contribution >= 4 is 11.9 Å². The van der Waals surface area contributed by atoms with Crippen LogP contribution in [0, 0.1) is 10.8 Å². The number of carboxylic acids is 1. The number of carbonyl (C=O) groups is 2. The minimum atomic E-state index is -0.994. The summed E-state index contributed by atoms with van der Waals surface area (Å²) in [4.78, 5) is 23.1. The van der Waals surface area contributed by atoms with Crippen LogP contribution in [0.4, 0.5) is 0 Å². The van der Waals surface area contributed by atoms with Crippen LogP contribution in [0.3, 0.4) is 0 Å². The van der Waals surface area contributed by atoms with E-state index in [9.17, 15) is 9.59 Å². The molecule has 104 valence electrons. The lowest BCUT2D eigenvalue weighted by molar-refractivity contribution is -0.145. The Bertz CT molecular complexity index is 324. The van der Waals surface area contributed by atoms with Crippen LogP contribution in [-0.4, -0.2) is 29.6 Å². The summed E-state index contributed by atoms with van der Waals surface area (Å²) in [5.74, 6) is -1.20. The Kier molecular flexibility index (Phi) is 4.37. The smallest absolute Gasteiger partial charge is 0.326 e. The first kappa shape index (κ1) is 15.0. The van der Waals surface area contributed by atoms with Gasteiger partial charge in [0.2, 0.25) is 5.91 Å². The van der Waals surface area contributed by atoms with Crippen LogP contribution in [0.2, 0.25) is 0 Å². The van der Waals surface area contributed by atoms with Crippen molar-refractivity contribution in [2.24, 2.45) is 16.6 Å². The van der Waals surface area contributed by atoms with Crippen molar-refractivity contribution in [3.63, 3.8) is 0 Å². The molecule has 1 amide bonds. The lowest BCUT2D eigenvalue weighted by Crippen LogP contribution is -2.51. The highest BCUT2D eigenvalue weighted by Gasteiger charge is 2.39. The first-order valence-electron chi connectivity index (χ1n) is 6.42. The van der Waals surface area contributed by atoms with Crippen LogP contribution in [0.1, 0.15) is 46.5 Å². The monoisotopic (exact) mass is 256 g/mol. The van der Waals surface area contributed by atoms with Crippen molar-refractivity contribution in [3.8, 4) is 0 Å². The van der Waals surface area contributed by atoms with Gasteiger partial charge in [-0.3, -0.25) is 4.79 Å². The van der Waals surface area contributed by atoms with E-state index in [4.69, 9.17) is 10.8 Å². The summed E-state index contributed by atoms with van der Waals surface area (Å²) in [6.07, 6.45) is 3.36. The first-order valence-corrected chi connectivity index (χ1v) is 6.42. The third-order valence-electron chi connectivity index (χ3n) is 3.80. The molecule has 0 heterocycles. The maximum absolute atomic E-state index is 11.9. The quantitative estimate of drug-likeness (QED) is 0.687. The van der Waals surface area contributed by atoms with Crippen molar-refractivity contribution in [2.75, 3.05) is 6.54 Å². The van der Waals surface area contributed by atoms with E-state index in [0.29, 0.717) is 13.0 Å². The molecule has 1 fully saturated rings. The number of amides is 1. The fraction of sp³-hybridized carbons (Fsp3) is 0.846. The minimum absolute atomic E-state index is 0.0922. The zero-order valence-corrected chi connectivity index (χ0v) is 11.5. The summed E-state index contributed by atoms with van der Waals surface area (Å²) < 4.78 is 0. The van der Waals surface area contributed by atoms with Crippen LogP contribution < -0.4 is 11.1 Å². The molecule has 0 saturated heterocycles. The maximum atomic E-state index is 11.9. The van der Waals surface area contributed by atoms with Gasteiger partial charge in [0.25, 0.3) is 0 Å². The molecule has 0 aromatic rings. The molecule has 1 aliphatic rings. The van der Waals surface area contributed by atoms with E-state index < -0.39 is 17.4 Å². The van der Waals surface area contributed by atoms with E-state index in [-0.39, 0.29) is 11.3 Å². The van der Waals surface area contributed by atoms with E-state index in [1.807, 2.05) is 0 Å². The molecule has 0 spiro atoms. The van der Waals surface area contributed by atoms with Gasteiger partial charge in [-0.1, -0.05) is 27.2 Å². The lowest BCUT2D eigenvalue weighted by atomic mass is 9.66. The molecular weight excluding hydrogens is 232 g/mol. The van der Waals surface area contributed by atoms with Gasteiger partial charge in [-0.25, -0.2) is 4.79 Å². The first-order chi connectivity index (χ1) is 8.20. The van der Waals surface area contributed by atoms with E-state index in [1.54, 1.807) is 20.8 Å². The maximum Gasteiger partial charge on any atom is 0.326 e. The summed E-state index contributed by atoms with van der Waals surface area (Å²) in [6.45, 7) is 5.89. The zero-order chi connectivity index (χ0) is 14.0. The van der Waals surface area contributed by atoms with Gasteiger partial charge in [0.1, 0.15) is 6.04 Å². The SMILES string of the molecule is CC(C)(C)[C@H](NC(=O)CC1(CN)CCC1)C(=O)O. The third kappa shape index (κ3) is 3.45. The predicted octanol–water partition coefficient (Wildman–Crippen LogP) is 1.12. The largest absolute Gasteiger partial charge is 0.480 e. The third-order valence-corrected chi connectivity index (χ3v) is 3.80. The number of nitrogens with two attached hydrogens (primary N) is 1. The molecule has 0 aromatic heterocycles. The number of hydrogen-bond acceptors (Lipinski definition) is 3. The van der Waals surface area contributed by atoms with E-state index in [0.717, 1.165) is 19.3 Å². The summed E-state index contributed by atoms with van der Waals surface area (Å²) in [6, 6.07) is -0.861. The molecule has 1 aliphatic carbocycles. The Labute approximate surface area is 108 Å². The van der Waals surface area contributed by atoms with Crippen LogP contribution >= 0.6 is 0 Å². The molecule has 5 nitrogen and oxygen atoms in total. The van der Waals surface area contributed by atoms with Gasteiger partial charge in [-0.2, -0.15) is 0 Å². The Morgan fingerprint density at radius 1 is 1.39 bits per heavy atom. The molecule has 1 atom stereocenters. The zero-order valence-electron chi connectivity index (χ0n) is 11.5. The molecule has 0 aromatic carbocycles. The highest BCUT2D eigenvalue weighted by atomic mass is 16.4. The van der Waals surface area contributed by atoms with Crippen LogP contribution in [-0.2, 0) is 9.59 Å². The number of rotatable bonds is 5. The Balaban J connectivity index is 2.60. The highest BCUT2D eigenvalue weighted by molar-refractivity contribution is 5.84. The van der Waals surface area contributed by atoms with Gasteiger partial charge < -0.3 is 16.2 Å². The molecule has 0 aliphatic heterocycles. The average Bonchev–Trinajstić information content (AvgIpc) is 2.18. The number of hydrogen-bond donors (Lipinski definition) is 3. The van der Waals surface area contributed by atoms with Crippen LogP contribution in [0.15, 0.2) is 0 Å². The second-order valence-electron chi connectivity index (χ2n) is 6.44. The summed E-state index contributed by atoms with van der Waals surface area (Å²) in [5, 5.41) is 11.8. The number of carboxylic acid groups (broad SMARTS) is 1. The van der Waals surface area contributed by atoms with Gasteiger partial charge in [0.05, 0.1) is 0 Å². The Hall–Kier alpha value is -1.10. The van der Waals surface area contributed by atoms with E-state index >= 15 is 0 Å². The molecule has 0 radical (unpaired) electrons. The molecule has 1 saturated carbocycles. The van der Waals surface area contributed by atoms with Gasteiger partial charge in [0.15, 0.2) is 0 Å². The topological polar surface area (TPSA) is 92.4 Å². The normalized spacial score (nSPS) is 19.8. The summed E-state index contributed by atoms with van der Waals surface area (Å²) in [5.41, 5.74) is 5.10. The van der Waals surface area contributed by atoms with Crippen molar-refractivity contribution in [3.05, 3.63) is 0 Å². The van der Waals surface area contributed by atoms with Crippen molar-refractivity contribution in [2.45, 2.75) is 52.5 Å². The highest BCUT2D eigenvalue weighted by Crippen LogP contribution is 2.42. The van der Waals surface area contributed by atoms with Gasteiger partial charge in [-0.05, 0) is 30.2 Å². The molecule has 1 rings (SSSR count). The average molecular weight is 256 g/mol. The summed E-state index contributed by atoms with van der Waals surface area (Å²) in [7, 11) is 0. The summed E-state index contributed by atoms with van der Waals surface area (Å²) >= 11 is 0. The second-order valence-corrected chi connectivity index (χ2v) is 6.44. The molecule has 5 heteroatoms. The Morgan fingerprint density at radius 3 is 2.22 bits per heavy atom. The van der Waals surface area contributed by atoms with Gasteiger partial charge in [0, 0.05) is 6.42 Å². The van der Waals surface area contributed by atoms with Gasteiger partial charge >= 0.3 is 5.97 Å². The van der Waals surface area contributed by atoms with E-state index in [1.165, 1.54) is 0 Å². The van der Waals surface area contributed by atoms with Crippen LogP contribution in [0.25, 0.3) is 0 Å². The molecule has 4 N–H and O–H groups in total. The molecule has 0 unspecified atom stereocenters. The fourth-order valence-corrected chi connectivity index (χ4v) is 2.33. The van der Waals surface area contributed by atoms with Crippen molar-refractivity contribution in [1.29, 1.82) is 0 Å². The Morgan fingerprint density at radius 2 is 1.94 bits per heavy atom. The standard InChI is InChI=1S/C13H24N2O3/c1-12(2,3)10(11(17)18)15-9(16)7-13(8-14)5-4-6-13/h10H,4-8,14H2,1-3H3,(H,15,16)(H,17,18)/t10-/m1/s1. The van der Waals surface area contributed by atoms with Crippen LogP contribution in [0.5, 0.6) is 0 Å². The number of nitrogens with one attached hydrogen (secondary N) is 1. The lowest BCUT2D eigenvalue weighted by Gasteiger charge is -2.41. The molecule has 0 bridgehead atoms. The molecule has 18 heavy (non-hydrogen) atoms. The second kappa shape index (κ2) is 5.26. The van der Waals surface area contributed by atoms with Crippen molar-refractivity contribution < 1.29 is 14.7 Å². The minimum Gasteiger partial charge on any atom is -0.480 e. The number of aliphatic carboxylic acids is 1. The number of carbonyl (C=O) groups excluding carboxylic acids is 1. The van der Waals surface area contributed by atoms with E-state index in [2.05, 4.69) is 5.32 Å². The van der Waals surface area contributed by atoms with Gasteiger partial charge in [-0.15, -0.1) is 0 Å². The molecular formula is C13H24N2O3.